The molecule has 4 nitrogen and oxygen atoms in total. The first kappa shape index (κ1) is 14.2. The summed E-state index contributed by atoms with van der Waals surface area (Å²) in [4.78, 5) is 12.5. The van der Waals surface area contributed by atoms with Crippen LogP contribution in [0.5, 0.6) is 0 Å². The molecule has 0 aromatic carbocycles. The Kier molecular flexibility index (Phi) is 3.56. The number of aromatic amines is 1. The van der Waals surface area contributed by atoms with E-state index in [0.717, 1.165) is 33.8 Å². The summed E-state index contributed by atoms with van der Waals surface area (Å²) in [6.45, 7) is 0. The fourth-order valence-electron chi connectivity index (χ4n) is 2.55. The third-order valence-corrected chi connectivity index (χ3v) is 3.80. The van der Waals surface area contributed by atoms with Crippen molar-refractivity contribution >= 4 is 41.0 Å². The molecule has 3 N–H and O–H groups in total. The van der Waals surface area contributed by atoms with Crippen LogP contribution in [0.4, 0.5) is 5.69 Å². The van der Waals surface area contributed by atoms with Crippen LogP contribution in [0.2, 0.25) is 0 Å². The molecule has 0 amide bonds. The van der Waals surface area contributed by atoms with Crippen molar-refractivity contribution in [1.29, 1.82) is 0 Å². The number of aromatic nitrogens is 3. The van der Waals surface area contributed by atoms with E-state index in [0.29, 0.717) is 5.69 Å². The zero-order valence-electron chi connectivity index (χ0n) is 13.0. The van der Waals surface area contributed by atoms with E-state index < -0.39 is 0 Å². The number of rotatable bonds is 0. The van der Waals surface area contributed by atoms with Gasteiger partial charge in [0.2, 0.25) is 0 Å². The minimum Gasteiger partial charge on any atom is -0.397 e. The zero-order valence-corrected chi connectivity index (χ0v) is 13.0. The van der Waals surface area contributed by atoms with Crippen molar-refractivity contribution in [3.63, 3.8) is 0 Å². The molecule has 4 heteroatoms. The second kappa shape index (κ2) is 6.01. The van der Waals surface area contributed by atoms with E-state index >= 15 is 0 Å². The highest BCUT2D eigenvalue weighted by Gasteiger charge is 2.01. The molecule has 2 aromatic rings. The Hall–Kier alpha value is -3.40. The Morgan fingerprint density at radius 2 is 1.38 bits per heavy atom. The van der Waals surface area contributed by atoms with Crippen molar-refractivity contribution in [2.45, 2.75) is 0 Å². The quantitative estimate of drug-likeness (QED) is 0.508. The zero-order chi connectivity index (χ0) is 16.4. The van der Waals surface area contributed by atoms with Crippen molar-refractivity contribution in [2.75, 3.05) is 5.73 Å². The van der Waals surface area contributed by atoms with Crippen LogP contribution in [-0.4, -0.2) is 15.0 Å². The van der Waals surface area contributed by atoms with Crippen molar-refractivity contribution in [3.8, 4) is 0 Å². The largest absolute Gasteiger partial charge is 0.397 e. The molecule has 0 unspecified atom stereocenters. The van der Waals surface area contributed by atoms with Crippen LogP contribution in [0.25, 0.3) is 35.3 Å². The molecule has 2 aliphatic heterocycles. The smallest absolute Gasteiger partial charge is 0.0872 e. The van der Waals surface area contributed by atoms with Crippen LogP contribution in [-0.2, 0) is 0 Å². The highest BCUT2D eigenvalue weighted by Crippen LogP contribution is 2.17. The number of fused-ring (bicyclic) bond motifs is 7. The lowest BCUT2D eigenvalue weighted by Crippen LogP contribution is -1.86. The summed E-state index contributed by atoms with van der Waals surface area (Å²) < 4.78 is 0. The second-order valence-corrected chi connectivity index (χ2v) is 5.54. The van der Waals surface area contributed by atoms with Crippen molar-refractivity contribution < 1.29 is 0 Å². The number of hydrogen-bond donors (Lipinski definition) is 2. The van der Waals surface area contributed by atoms with Crippen LogP contribution >= 0.6 is 0 Å². The Labute approximate surface area is 139 Å². The van der Waals surface area contributed by atoms with E-state index in [1.54, 1.807) is 0 Å². The maximum Gasteiger partial charge on any atom is 0.0872 e. The predicted octanol–water partition coefficient (Wildman–Crippen LogP) is 4.32. The summed E-state index contributed by atoms with van der Waals surface area (Å²) in [5.74, 6) is 0. The minimum absolute atomic E-state index is 0.638. The molecular formula is C20H16N4. The summed E-state index contributed by atoms with van der Waals surface area (Å²) in [6, 6.07) is 17.6. The molecule has 0 aliphatic carbocycles. The van der Waals surface area contributed by atoms with Crippen LogP contribution in [0.3, 0.4) is 0 Å². The van der Waals surface area contributed by atoms with Crippen LogP contribution in [0, 0.1) is 0 Å². The van der Waals surface area contributed by atoms with Gasteiger partial charge in [0.25, 0.3) is 0 Å². The Morgan fingerprint density at radius 1 is 0.667 bits per heavy atom. The van der Waals surface area contributed by atoms with Gasteiger partial charge in [-0.25, -0.2) is 9.97 Å². The Balaban J connectivity index is 1.97. The topological polar surface area (TPSA) is 67.6 Å². The standard InChI is InChI=1S/C20H16N4/c21-17-5-3-1-2-4-14-9-12-19(23-14)20-13-10-16(24-20)7-6-15-8-11-18(17)22-15/h1-13,24H,21H2. The number of H-pyrrole nitrogens is 1. The molecular weight excluding hydrogens is 296 g/mol. The summed E-state index contributed by atoms with van der Waals surface area (Å²) in [7, 11) is 0. The van der Waals surface area contributed by atoms with E-state index in [1.165, 1.54) is 0 Å². The average molecular weight is 312 g/mol. The summed E-state index contributed by atoms with van der Waals surface area (Å²) in [5, 5.41) is 0. The molecule has 0 atom stereocenters. The Bertz CT molecular complexity index is 1030. The van der Waals surface area contributed by atoms with Gasteiger partial charge < -0.3 is 10.7 Å². The third-order valence-electron chi connectivity index (χ3n) is 3.80. The first-order chi connectivity index (χ1) is 11.8. The lowest BCUT2D eigenvalue weighted by Gasteiger charge is -1.88. The van der Waals surface area contributed by atoms with Crippen LogP contribution in [0.15, 0.2) is 54.6 Å². The van der Waals surface area contributed by atoms with Crippen LogP contribution < -0.4 is 5.73 Å². The Morgan fingerprint density at radius 3 is 2.29 bits per heavy atom. The van der Waals surface area contributed by atoms with Crippen molar-refractivity contribution in [1.82, 2.24) is 15.0 Å². The fourth-order valence-corrected chi connectivity index (χ4v) is 2.55. The molecule has 0 saturated carbocycles. The van der Waals surface area contributed by atoms with Gasteiger partial charge in [-0.2, -0.15) is 0 Å². The van der Waals surface area contributed by atoms with Gasteiger partial charge in [0.05, 0.1) is 34.0 Å². The second-order valence-electron chi connectivity index (χ2n) is 5.54. The van der Waals surface area contributed by atoms with Crippen LogP contribution in [0.1, 0.15) is 22.8 Å². The number of hydrogen-bond acceptors (Lipinski definition) is 3. The molecule has 0 radical (unpaired) electrons. The number of nitrogens with zero attached hydrogens (tertiary/aromatic N) is 2. The molecule has 0 saturated heterocycles. The first-order valence-corrected chi connectivity index (χ1v) is 7.74. The molecule has 24 heavy (non-hydrogen) atoms. The molecule has 4 heterocycles. The van der Waals surface area contributed by atoms with E-state index in [-0.39, 0.29) is 0 Å². The number of anilines is 1. The third kappa shape index (κ3) is 2.90. The average Bonchev–Trinajstić information content (AvgIpc) is 3.31. The maximum atomic E-state index is 6.06. The monoisotopic (exact) mass is 312 g/mol. The molecule has 0 fully saturated rings. The highest BCUT2D eigenvalue weighted by molar-refractivity contribution is 5.80. The van der Waals surface area contributed by atoms with Gasteiger partial charge in [-0.3, -0.25) is 0 Å². The fraction of sp³-hybridized carbons (Fsp3) is 0. The van der Waals surface area contributed by atoms with E-state index in [4.69, 9.17) is 5.73 Å². The predicted molar refractivity (Wildman–Crippen MR) is 100 cm³/mol. The molecule has 4 rings (SSSR count). The minimum atomic E-state index is 0.638. The molecule has 2 aliphatic rings. The molecule has 6 bridgehead atoms. The van der Waals surface area contributed by atoms with E-state index in [1.807, 2.05) is 78.9 Å². The van der Waals surface area contributed by atoms with Gasteiger partial charge in [0.1, 0.15) is 0 Å². The molecule has 2 aromatic heterocycles. The van der Waals surface area contributed by atoms with Gasteiger partial charge in [-0.15, -0.1) is 0 Å². The van der Waals surface area contributed by atoms with Gasteiger partial charge >= 0.3 is 0 Å². The molecule has 116 valence electrons. The van der Waals surface area contributed by atoms with Gasteiger partial charge in [-0.1, -0.05) is 18.2 Å². The normalized spacial score (nSPS) is 12.0. The first-order valence-electron chi connectivity index (χ1n) is 7.74. The lowest BCUT2D eigenvalue weighted by molar-refractivity contribution is 1.32. The van der Waals surface area contributed by atoms with Crippen molar-refractivity contribution in [3.05, 3.63) is 77.4 Å². The SMILES string of the molecule is Nc1cccccc2nc(c3ccc(ccc4nc1C=C4)[nH]3)C=C2. The van der Waals surface area contributed by atoms with Gasteiger partial charge in [0, 0.05) is 5.52 Å². The van der Waals surface area contributed by atoms with Gasteiger partial charge in [0.15, 0.2) is 0 Å². The lowest BCUT2D eigenvalue weighted by atomic mass is 10.3. The highest BCUT2D eigenvalue weighted by atomic mass is 14.8. The van der Waals surface area contributed by atoms with E-state index in [9.17, 15) is 0 Å². The summed E-state index contributed by atoms with van der Waals surface area (Å²) in [6.07, 6.45) is 7.88. The van der Waals surface area contributed by atoms with Gasteiger partial charge in [-0.05, 0) is 60.7 Å². The number of nitrogen functional groups attached to an aromatic ring is 1. The number of nitrogens with one attached hydrogen (secondary N) is 1. The van der Waals surface area contributed by atoms with E-state index in [2.05, 4.69) is 15.0 Å². The number of nitrogens with two attached hydrogens (primary N) is 1. The summed E-state index contributed by atoms with van der Waals surface area (Å²) in [5.41, 5.74) is 12.2. The maximum absolute atomic E-state index is 6.06. The van der Waals surface area contributed by atoms with Crippen molar-refractivity contribution in [2.24, 2.45) is 0 Å². The summed E-state index contributed by atoms with van der Waals surface area (Å²) >= 11 is 0. The molecule has 0 spiro atoms.